The zero-order chi connectivity index (χ0) is 13.1. The van der Waals surface area contributed by atoms with Crippen LogP contribution in [-0.4, -0.2) is 17.3 Å². The van der Waals surface area contributed by atoms with E-state index in [-0.39, 0.29) is 10.3 Å². The fraction of sp³-hybridized carbons (Fsp3) is 0.0909. The summed E-state index contributed by atoms with van der Waals surface area (Å²) in [7, 11) is 1.55. The number of hydrogen-bond donors (Lipinski definition) is 1. The van der Waals surface area contributed by atoms with Crippen LogP contribution in [0, 0.1) is 0 Å². The normalized spacial score (nSPS) is 10.2. The lowest BCUT2D eigenvalue weighted by molar-refractivity contribution is 0.415. The zero-order valence-electron chi connectivity index (χ0n) is 9.25. The molecule has 2 rings (SSSR count). The highest BCUT2D eigenvalue weighted by Crippen LogP contribution is 2.30. The molecule has 0 amide bonds. The minimum Gasteiger partial charge on any atom is -0.495 e. The van der Waals surface area contributed by atoms with Crippen molar-refractivity contribution in [3.63, 3.8) is 0 Å². The van der Waals surface area contributed by atoms with Gasteiger partial charge in [0.25, 0.3) is 0 Å². The minimum absolute atomic E-state index is 0.228. The fourth-order valence-electron chi connectivity index (χ4n) is 1.34. The molecular formula is C11H8Cl3N3O. The average molecular weight is 305 g/mol. The summed E-state index contributed by atoms with van der Waals surface area (Å²) in [5.41, 5.74) is 1.30. The average Bonchev–Trinajstić information content (AvgIpc) is 2.34. The second-order valence-electron chi connectivity index (χ2n) is 3.35. The molecule has 1 heterocycles. The number of hydrogen-bond acceptors (Lipinski definition) is 4. The van der Waals surface area contributed by atoms with Crippen molar-refractivity contribution in [1.29, 1.82) is 0 Å². The Morgan fingerprint density at radius 2 is 1.89 bits per heavy atom. The van der Waals surface area contributed by atoms with Crippen LogP contribution in [0.2, 0.25) is 15.3 Å². The topological polar surface area (TPSA) is 47.0 Å². The van der Waals surface area contributed by atoms with E-state index >= 15 is 0 Å². The van der Waals surface area contributed by atoms with Gasteiger partial charge in [-0.3, -0.25) is 0 Å². The fourth-order valence-corrected chi connectivity index (χ4v) is 1.88. The molecule has 0 fully saturated rings. The van der Waals surface area contributed by atoms with E-state index in [2.05, 4.69) is 15.5 Å². The molecule has 18 heavy (non-hydrogen) atoms. The highest BCUT2D eigenvalue weighted by molar-refractivity contribution is 6.34. The highest BCUT2D eigenvalue weighted by atomic mass is 35.5. The molecule has 0 radical (unpaired) electrons. The van der Waals surface area contributed by atoms with Crippen molar-refractivity contribution in [2.75, 3.05) is 12.4 Å². The molecule has 2 aromatic rings. The van der Waals surface area contributed by atoms with Gasteiger partial charge in [0.2, 0.25) is 0 Å². The third-order valence-corrected chi connectivity index (χ3v) is 2.91. The number of nitrogens with zero attached hydrogens (tertiary/aromatic N) is 2. The Balaban J connectivity index is 2.28. The summed E-state index contributed by atoms with van der Waals surface area (Å²) >= 11 is 17.7. The first-order valence-corrected chi connectivity index (χ1v) is 6.03. The van der Waals surface area contributed by atoms with Crippen LogP contribution in [0.5, 0.6) is 5.75 Å². The molecular weight excluding hydrogens is 296 g/mol. The Morgan fingerprint density at radius 3 is 2.56 bits per heavy atom. The predicted molar refractivity (Wildman–Crippen MR) is 73.3 cm³/mol. The van der Waals surface area contributed by atoms with E-state index in [1.807, 2.05) is 0 Å². The molecule has 0 aliphatic heterocycles. The summed E-state index contributed by atoms with van der Waals surface area (Å²) < 4.78 is 5.06. The molecule has 0 saturated heterocycles. The van der Waals surface area contributed by atoms with Crippen LogP contribution in [0.15, 0.2) is 24.3 Å². The summed E-state index contributed by atoms with van der Waals surface area (Å²) in [6, 6.07) is 6.84. The third-order valence-electron chi connectivity index (χ3n) is 2.15. The lowest BCUT2D eigenvalue weighted by atomic mass is 10.3. The summed E-state index contributed by atoms with van der Waals surface area (Å²) in [5, 5.41) is 11.3. The number of methoxy groups -OCH3 is 1. The zero-order valence-corrected chi connectivity index (χ0v) is 11.5. The lowest BCUT2D eigenvalue weighted by Gasteiger charge is -2.09. The van der Waals surface area contributed by atoms with Gasteiger partial charge in [-0.15, -0.1) is 10.2 Å². The van der Waals surface area contributed by atoms with E-state index in [0.29, 0.717) is 16.5 Å². The monoisotopic (exact) mass is 303 g/mol. The molecule has 0 spiro atoms. The summed E-state index contributed by atoms with van der Waals surface area (Å²) in [6.45, 7) is 0. The van der Waals surface area contributed by atoms with E-state index in [4.69, 9.17) is 39.5 Å². The quantitative estimate of drug-likeness (QED) is 0.923. The molecule has 0 atom stereocenters. The number of nitrogens with one attached hydrogen (secondary N) is 1. The van der Waals surface area contributed by atoms with Gasteiger partial charge in [0, 0.05) is 11.8 Å². The Morgan fingerprint density at radius 1 is 1.11 bits per heavy atom. The second-order valence-corrected chi connectivity index (χ2v) is 4.50. The third kappa shape index (κ3) is 2.96. The molecule has 0 unspecified atom stereocenters. The van der Waals surface area contributed by atoms with Crippen molar-refractivity contribution < 1.29 is 4.74 Å². The molecule has 4 nitrogen and oxygen atoms in total. The number of halogens is 3. The Labute approximate surface area is 119 Å². The number of benzene rings is 1. The maximum absolute atomic E-state index is 6.01. The molecule has 0 aliphatic rings. The SMILES string of the molecule is COc1ccc(Nc2cc(Cl)nnc2Cl)cc1Cl. The van der Waals surface area contributed by atoms with Crippen molar-refractivity contribution in [2.45, 2.75) is 0 Å². The van der Waals surface area contributed by atoms with Gasteiger partial charge in [0.15, 0.2) is 10.3 Å². The Bertz CT molecular complexity index is 577. The lowest BCUT2D eigenvalue weighted by Crippen LogP contribution is -1.95. The number of anilines is 2. The van der Waals surface area contributed by atoms with Gasteiger partial charge in [0.1, 0.15) is 5.75 Å². The van der Waals surface area contributed by atoms with Gasteiger partial charge in [-0.05, 0) is 18.2 Å². The van der Waals surface area contributed by atoms with Crippen LogP contribution in [0.25, 0.3) is 0 Å². The van der Waals surface area contributed by atoms with Crippen molar-refractivity contribution in [1.82, 2.24) is 10.2 Å². The van der Waals surface area contributed by atoms with Crippen molar-refractivity contribution in [3.8, 4) is 5.75 Å². The highest BCUT2D eigenvalue weighted by Gasteiger charge is 2.06. The van der Waals surface area contributed by atoms with Crippen LogP contribution in [0.4, 0.5) is 11.4 Å². The van der Waals surface area contributed by atoms with Crippen molar-refractivity contribution in [2.24, 2.45) is 0 Å². The Kier molecular flexibility index (Phi) is 4.11. The predicted octanol–water partition coefficient (Wildman–Crippen LogP) is 4.19. The number of aromatic nitrogens is 2. The van der Waals surface area contributed by atoms with Gasteiger partial charge in [-0.2, -0.15) is 0 Å². The minimum atomic E-state index is 0.228. The summed E-state index contributed by atoms with van der Waals surface area (Å²) in [5.74, 6) is 0.596. The van der Waals surface area contributed by atoms with E-state index in [0.717, 1.165) is 5.69 Å². The summed E-state index contributed by atoms with van der Waals surface area (Å²) in [6.07, 6.45) is 0. The number of ether oxygens (including phenoxy) is 1. The van der Waals surface area contributed by atoms with E-state index in [9.17, 15) is 0 Å². The summed E-state index contributed by atoms with van der Waals surface area (Å²) in [4.78, 5) is 0. The number of rotatable bonds is 3. The maximum Gasteiger partial charge on any atom is 0.175 e. The first-order valence-electron chi connectivity index (χ1n) is 4.89. The van der Waals surface area contributed by atoms with Gasteiger partial charge in [0.05, 0.1) is 17.8 Å². The molecule has 1 aromatic carbocycles. The molecule has 94 valence electrons. The first-order chi connectivity index (χ1) is 8.60. The van der Waals surface area contributed by atoms with E-state index < -0.39 is 0 Å². The van der Waals surface area contributed by atoms with Crippen LogP contribution in [-0.2, 0) is 0 Å². The van der Waals surface area contributed by atoms with Crippen LogP contribution in [0.1, 0.15) is 0 Å². The first kappa shape index (κ1) is 13.2. The smallest absolute Gasteiger partial charge is 0.175 e. The molecule has 0 bridgehead atoms. The van der Waals surface area contributed by atoms with Gasteiger partial charge < -0.3 is 10.1 Å². The van der Waals surface area contributed by atoms with Crippen LogP contribution >= 0.6 is 34.8 Å². The molecule has 0 aliphatic carbocycles. The second kappa shape index (κ2) is 5.61. The van der Waals surface area contributed by atoms with Crippen molar-refractivity contribution in [3.05, 3.63) is 39.6 Å². The van der Waals surface area contributed by atoms with Crippen LogP contribution in [0.3, 0.4) is 0 Å². The Hall–Kier alpha value is -1.23. The largest absolute Gasteiger partial charge is 0.495 e. The van der Waals surface area contributed by atoms with Crippen LogP contribution < -0.4 is 10.1 Å². The molecule has 1 aromatic heterocycles. The molecule has 1 N–H and O–H groups in total. The van der Waals surface area contributed by atoms with Gasteiger partial charge >= 0.3 is 0 Å². The standard InChI is InChI=1S/C11H8Cl3N3O/c1-18-9-3-2-6(4-7(9)12)15-8-5-10(13)16-17-11(8)14/h2-5H,1H3,(H,15,16). The van der Waals surface area contributed by atoms with E-state index in [1.165, 1.54) is 0 Å². The van der Waals surface area contributed by atoms with Gasteiger partial charge in [-0.25, -0.2) is 0 Å². The molecule has 0 saturated carbocycles. The van der Waals surface area contributed by atoms with Crippen molar-refractivity contribution >= 4 is 46.2 Å². The van der Waals surface area contributed by atoms with Gasteiger partial charge in [-0.1, -0.05) is 34.8 Å². The van der Waals surface area contributed by atoms with E-state index in [1.54, 1.807) is 31.4 Å². The molecule has 7 heteroatoms. The maximum atomic E-state index is 6.01.